The summed E-state index contributed by atoms with van der Waals surface area (Å²) in [5, 5.41) is 0. The Balaban J connectivity index is 1.55. The molecule has 0 bridgehead atoms. The predicted molar refractivity (Wildman–Crippen MR) is 95.6 cm³/mol. The maximum absolute atomic E-state index is 12.7. The first kappa shape index (κ1) is 17.1. The van der Waals surface area contributed by atoms with Crippen molar-refractivity contribution >= 4 is 10.0 Å². The molecule has 24 heavy (non-hydrogen) atoms. The van der Waals surface area contributed by atoms with E-state index < -0.39 is 10.0 Å². The zero-order chi connectivity index (χ0) is 17.0. The second-order valence-corrected chi connectivity index (χ2v) is 8.39. The summed E-state index contributed by atoms with van der Waals surface area (Å²) < 4.78 is 27.0. The molecule has 5 heteroatoms. The summed E-state index contributed by atoms with van der Waals surface area (Å²) in [5.41, 5.74) is 2.42. The lowest BCUT2D eigenvalue weighted by Crippen LogP contribution is -3.15. The third-order valence-corrected chi connectivity index (χ3v) is 6.61. The van der Waals surface area contributed by atoms with Gasteiger partial charge in [-0.25, -0.2) is 8.42 Å². The number of nitrogens with zero attached hydrogens (tertiary/aromatic N) is 1. The molecule has 3 rings (SSSR count). The normalized spacial score (nSPS) is 17.0. The second kappa shape index (κ2) is 7.47. The first-order valence-corrected chi connectivity index (χ1v) is 9.94. The van der Waals surface area contributed by atoms with Gasteiger partial charge in [0.15, 0.2) is 0 Å². The zero-order valence-electron chi connectivity index (χ0n) is 14.1. The van der Waals surface area contributed by atoms with Crippen LogP contribution in [0.1, 0.15) is 11.1 Å². The number of benzene rings is 2. The molecule has 0 aliphatic carbocycles. The molecule has 1 aliphatic heterocycles. The summed E-state index contributed by atoms with van der Waals surface area (Å²) in [6.45, 7) is 5.96. The quantitative estimate of drug-likeness (QED) is 0.883. The Morgan fingerprint density at radius 3 is 2.21 bits per heavy atom. The topological polar surface area (TPSA) is 41.8 Å². The SMILES string of the molecule is Cc1ccc(S(=O)(=O)N2CC[NH+](CCc3ccccc3)CC2)cc1. The number of nitrogens with one attached hydrogen (secondary N) is 1. The number of hydrogen-bond acceptors (Lipinski definition) is 2. The minimum atomic E-state index is -3.35. The average molecular weight is 345 g/mol. The Kier molecular flexibility index (Phi) is 5.33. The lowest BCUT2D eigenvalue weighted by Gasteiger charge is -2.31. The number of quaternary nitrogens is 1. The van der Waals surface area contributed by atoms with E-state index in [1.165, 1.54) is 10.5 Å². The van der Waals surface area contributed by atoms with Gasteiger partial charge < -0.3 is 4.90 Å². The second-order valence-electron chi connectivity index (χ2n) is 6.45. The van der Waals surface area contributed by atoms with Crippen molar-refractivity contribution < 1.29 is 13.3 Å². The van der Waals surface area contributed by atoms with Crippen LogP contribution in [-0.2, 0) is 16.4 Å². The third-order valence-electron chi connectivity index (χ3n) is 4.70. The highest BCUT2D eigenvalue weighted by Crippen LogP contribution is 2.16. The molecule has 4 nitrogen and oxygen atoms in total. The van der Waals surface area contributed by atoms with Crippen molar-refractivity contribution in [2.24, 2.45) is 0 Å². The van der Waals surface area contributed by atoms with Crippen molar-refractivity contribution in [3.05, 3.63) is 65.7 Å². The van der Waals surface area contributed by atoms with Crippen LogP contribution in [0.2, 0.25) is 0 Å². The Labute approximate surface area is 144 Å². The molecule has 0 spiro atoms. The van der Waals surface area contributed by atoms with Crippen LogP contribution in [0.4, 0.5) is 0 Å². The van der Waals surface area contributed by atoms with Gasteiger partial charge in [0.1, 0.15) is 0 Å². The summed E-state index contributed by atoms with van der Waals surface area (Å²) in [7, 11) is -3.35. The monoisotopic (exact) mass is 345 g/mol. The first-order chi connectivity index (χ1) is 11.6. The van der Waals surface area contributed by atoms with Crippen molar-refractivity contribution in [2.45, 2.75) is 18.2 Å². The number of piperazine rings is 1. The molecule has 0 unspecified atom stereocenters. The Hall–Kier alpha value is -1.69. The van der Waals surface area contributed by atoms with E-state index in [1.807, 2.05) is 25.1 Å². The highest BCUT2D eigenvalue weighted by Gasteiger charge is 2.30. The number of hydrogen-bond donors (Lipinski definition) is 1. The third kappa shape index (κ3) is 4.04. The zero-order valence-corrected chi connectivity index (χ0v) is 14.9. The van der Waals surface area contributed by atoms with Crippen LogP contribution in [0, 0.1) is 6.92 Å². The van der Waals surface area contributed by atoms with Crippen molar-refractivity contribution in [2.75, 3.05) is 32.7 Å². The summed E-state index contributed by atoms with van der Waals surface area (Å²) in [5.74, 6) is 0. The van der Waals surface area contributed by atoms with E-state index in [4.69, 9.17) is 0 Å². The lowest BCUT2D eigenvalue weighted by atomic mass is 10.1. The fourth-order valence-electron chi connectivity index (χ4n) is 3.12. The summed E-state index contributed by atoms with van der Waals surface area (Å²) in [6.07, 6.45) is 1.04. The van der Waals surface area contributed by atoms with E-state index in [1.54, 1.807) is 16.4 Å². The minimum Gasteiger partial charge on any atom is -0.332 e. The Bertz CT molecular complexity index is 750. The fraction of sp³-hybridized carbons (Fsp3) is 0.368. The molecule has 0 atom stereocenters. The van der Waals surface area contributed by atoms with Gasteiger partial charge in [0, 0.05) is 6.42 Å². The first-order valence-electron chi connectivity index (χ1n) is 8.50. The van der Waals surface area contributed by atoms with E-state index in [0.717, 1.165) is 31.6 Å². The van der Waals surface area contributed by atoms with Crippen LogP contribution in [0.3, 0.4) is 0 Å². The molecule has 0 radical (unpaired) electrons. The van der Waals surface area contributed by atoms with E-state index in [2.05, 4.69) is 24.3 Å². The van der Waals surface area contributed by atoms with Crippen LogP contribution >= 0.6 is 0 Å². The Morgan fingerprint density at radius 1 is 0.958 bits per heavy atom. The largest absolute Gasteiger partial charge is 0.332 e. The van der Waals surface area contributed by atoms with Gasteiger partial charge in [0.25, 0.3) is 0 Å². The number of rotatable bonds is 5. The molecule has 2 aromatic carbocycles. The predicted octanol–water partition coefficient (Wildman–Crippen LogP) is 1.13. The molecular formula is C19H25N2O2S+. The van der Waals surface area contributed by atoms with Gasteiger partial charge in [0.05, 0.1) is 37.6 Å². The van der Waals surface area contributed by atoms with Crippen LogP contribution in [0.25, 0.3) is 0 Å². The maximum Gasteiger partial charge on any atom is 0.243 e. The highest BCUT2D eigenvalue weighted by atomic mass is 32.2. The summed E-state index contributed by atoms with van der Waals surface area (Å²) >= 11 is 0. The van der Waals surface area contributed by atoms with Crippen molar-refractivity contribution in [1.82, 2.24) is 4.31 Å². The number of sulfonamides is 1. The van der Waals surface area contributed by atoms with Gasteiger partial charge in [-0.05, 0) is 24.6 Å². The van der Waals surface area contributed by atoms with E-state index in [9.17, 15) is 8.42 Å². The lowest BCUT2D eigenvalue weighted by molar-refractivity contribution is -0.903. The van der Waals surface area contributed by atoms with Crippen LogP contribution < -0.4 is 4.90 Å². The van der Waals surface area contributed by atoms with Crippen LogP contribution in [-0.4, -0.2) is 45.4 Å². The minimum absolute atomic E-state index is 0.404. The molecule has 128 valence electrons. The molecule has 1 fully saturated rings. The van der Waals surface area contributed by atoms with Crippen LogP contribution in [0.15, 0.2) is 59.5 Å². The van der Waals surface area contributed by atoms with Gasteiger partial charge in [-0.15, -0.1) is 0 Å². The van der Waals surface area contributed by atoms with E-state index in [-0.39, 0.29) is 0 Å². The standard InChI is InChI=1S/C19H24N2O2S/c1-17-7-9-19(10-8-17)24(22,23)21-15-13-20(14-16-21)12-11-18-5-3-2-4-6-18/h2-10H,11-16H2,1H3/p+1. The van der Waals surface area contributed by atoms with Gasteiger partial charge in [-0.3, -0.25) is 0 Å². The van der Waals surface area contributed by atoms with Crippen molar-refractivity contribution in [3.8, 4) is 0 Å². The van der Waals surface area contributed by atoms with Crippen LogP contribution in [0.5, 0.6) is 0 Å². The molecule has 2 aromatic rings. The Morgan fingerprint density at radius 2 is 1.58 bits per heavy atom. The molecular weight excluding hydrogens is 320 g/mol. The van der Waals surface area contributed by atoms with Gasteiger partial charge in [-0.2, -0.15) is 4.31 Å². The smallest absolute Gasteiger partial charge is 0.243 e. The van der Waals surface area contributed by atoms with Gasteiger partial charge in [-0.1, -0.05) is 48.0 Å². The summed E-state index contributed by atoms with van der Waals surface area (Å²) in [6, 6.07) is 17.6. The summed E-state index contributed by atoms with van der Waals surface area (Å²) in [4.78, 5) is 1.88. The molecule has 1 saturated heterocycles. The molecule has 1 heterocycles. The molecule has 1 N–H and O–H groups in total. The molecule has 0 aromatic heterocycles. The van der Waals surface area contributed by atoms with E-state index in [0.29, 0.717) is 18.0 Å². The van der Waals surface area contributed by atoms with E-state index >= 15 is 0 Å². The fourth-order valence-corrected chi connectivity index (χ4v) is 4.56. The molecule has 0 amide bonds. The average Bonchev–Trinajstić information content (AvgIpc) is 2.61. The maximum atomic E-state index is 12.7. The molecule has 1 aliphatic rings. The van der Waals surface area contributed by atoms with Crippen molar-refractivity contribution in [3.63, 3.8) is 0 Å². The molecule has 0 saturated carbocycles. The van der Waals surface area contributed by atoms with Crippen molar-refractivity contribution in [1.29, 1.82) is 0 Å². The van der Waals surface area contributed by atoms with Gasteiger partial charge in [0.2, 0.25) is 10.0 Å². The highest BCUT2D eigenvalue weighted by molar-refractivity contribution is 7.89. The number of aryl methyl sites for hydroxylation is 1. The van der Waals surface area contributed by atoms with Gasteiger partial charge >= 0.3 is 0 Å².